The average molecular weight is 390 g/mol. The second kappa shape index (κ2) is 9.81. The van der Waals surface area contributed by atoms with Crippen molar-refractivity contribution in [3.8, 4) is 11.5 Å². The molecular weight excluding hydrogens is 366 g/mol. The van der Waals surface area contributed by atoms with Crippen LogP contribution < -0.4 is 9.47 Å². The van der Waals surface area contributed by atoms with E-state index in [9.17, 15) is 0 Å². The van der Waals surface area contributed by atoms with Gasteiger partial charge in [0.15, 0.2) is 0 Å². The lowest BCUT2D eigenvalue weighted by atomic mass is 10.2. The van der Waals surface area contributed by atoms with Gasteiger partial charge in [-0.15, -0.1) is 0 Å². The highest BCUT2D eigenvalue weighted by Gasteiger charge is 2.08. The minimum absolute atomic E-state index is 0.750. The van der Waals surface area contributed by atoms with E-state index >= 15 is 0 Å². The molecule has 0 aliphatic rings. The number of rotatable bonds is 6. The van der Waals surface area contributed by atoms with Gasteiger partial charge in [-0.3, -0.25) is 0 Å². The Bertz CT molecular complexity index is 963. The third kappa shape index (κ3) is 5.76. The van der Waals surface area contributed by atoms with E-state index in [-0.39, 0.29) is 0 Å². The Morgan fingerprint density at radius 2 is 1.61 bits per heavy atom. The topological polar surface area (TPSA) is 30.8 Å². The molecule has 142 valence electrons. The summed E-state index contributed by atoms with van der Waals surface area (Å²) in [6.07, 6.45) is 1.74. The molecule has 4 heteroatoms. The number of para-hydroxylation sites is 1. The van der Waals surface area contributed by atoms with Gasteiger partial charge >= 0.3 is 0 Å². The summed E-state index contributed by atoms with van der Waals surface area (Å²) in [7, 11) is 1.65. The van der Waals surface area contributed by atoms with Crippen LogP contribution in [0.4, 0.5) is 5.69 Å². The average Bonchev–Trinajstić information content (AvgIpc) is 2.73. The van der Waals surface area contributed by atoms with Crippen LogP contribution in [0.15, 0.2) is 101 Å². The fourth-order valence-electron chi connectivity index (χ4n) is 2.46. The van der Waals surface area contributed by atoms with E-state index < -0.39 is 0 Å². The number of aliphatic imine (C=N–C) groups is 1. The van der Waals surface area contributed by atoms with Gasteiger partial charge < -0.3 is 9.47 Å². The smallest absolute Gasteiger partial charge is 0.126 e. The van der Waals surface area contributed by atoms with Crippen LogP contribution in [0.3, 0.4) is 0 Å². The van der Waals surface area contributed by atoms with Gasteiger partial charge in [0.1, 0.15) is 16.5 Å². The van der Waals surface area contributed by atoms with Crippen LogP contribution in [0.25, 0.3) is 0 Å². The minimum Gasteiger partial charge on any atom is -0.497 e. The molecule has 3 aromatic carbocycles. The predicted octanol–water partition coefficient (Wildman–Crippen LogP) is 6.81. The van der Waals surface area contributed by atoms with E-state index in [1.165, 1.54) is 5.56 Å². The first-order valence-electron chi connectivity index (χ1n) is 9.00. The normalized spacial score (nSPS) is 12.0. The largest absolute Gasteiger partial charge is 0.497 e. The molecule has 0 spiro atoms. The molecule has 0 N–H and O–H groups in total. The van der Waals surface area contributed by atoms with Crippen LogP contribution in [0.5, 0.6) is 11.5 Å². The molecule has 28 heavy (non-hydrogen) atoms. The molecule has 0 aliphatic carbocycles. The Kier molecular flexibility index (Phi) is 6.93. The zero-order valence-corrected chi connectivity index (χ0v) is 17.1. The van der Waals surface area contributed by atoms with Crippen molar-refractivity contribution in [1.29, 1.82) is 0 Å². The van der Waals surface area contributed by atoms with Crippen molar-refractivity contribution in [2.75, 3.05) is 7.11 Å². The summed E-state index contributed by atoms with van der Waals surface area (Å²) in [5, 5.41) is 0.894. The molecule has 0 fully saturated rings. The lowest BCUT2D eigenvalue weighted by molar-refractivity contribution is 0.412. The fourth-order valence-corrected chi connectivity index (χ4v) is 3.44. The van der Waals surface area contributed by atoms with E-state index in [1.54, 1.807) is 25.1 Å². The summed E-state index contributed by atoms with van der Waals surface area (Å²) in [6.45, 7) is 4.10. The van der Waals surface area contributed by atoms with Crippen molar-refractivity contribution < 1.29 is 9.47 Å². The van der Waals surface area contributed by atoms with Crippen molar-refractivity contribution >= 4 is 22.5 Å². The lowest BCUT2D eigenvalue weighted by Gasteiger charge is -2.09. The number of thioether (sulfide) groups is 1. The van der Waals surface area contributed by atoms with E-state index in [0.29, 0.717) is 0 Å². The van der Waals surface area contributed by atoms with E-state index in [4.69, 9.17) is 14.5 Å². The SMILES string of the molecule is COc1ccc(O/C=C(\C)C(=Nc2ccccc2)Sc2cccc(C)c2)cc1. The zero-order valence-electron chi connectivity index (χ0n) is 16.3. The van der Waals surface area contributed by atoms with Gasteiger partial charge in [0, 0.05) is 10.5 Å². The Hall–Kier alpha value is -2.98. The van der Waals surface area contributed by atoms with Crippen LogP contribution in [0.1, 0.15) is 12.5 Å². The highest BCUT2D eigenvalue weighted by molar-refractivity contribution is 8.14. The van der Waals surface area contributed by atoms with Crippen molar-refractivity contribution in [3.63, 3.8) is 0 Å². The summed E-state index contributed by atoms with van der Waals surface area (Å²) in [5.74, 6) is 1.55. The molecule has 3 aromatic rings. The van der Waals surface area contributed by atoms with Crippen LogP contribution in [0.2, 0.25) is 0 Å². The van der Waals surface area contributed by atoms with Crippen molar-refractivity contribution in [2.45, 2.75) is 18.7 Å². The van der Waals surface area contributed by atoms with Gasteiger partial charge in [-0.1, -0.05) is 47.7 Å². The summed E-state index contributed by atoms with van der Waals surface area (Å²) in [6, 6.07) is 25.9. The van der Waals surface area contributed by atoms with Gasteiger partial charge in [0.2, 0.25) is 0 Å². The number of methoxy groups -OCH3 is 1. The van der Waals surface area contributed by atoms with Crippen molar-refractivity contribution in [2.24, 2.45) is 4.99 Å². The lowest BCUT2D eigenvalue weighted by Crippen LogP contribution is -1.97. The number of benzene rings is 3. The standard InChI is InChI=1S/C24H23NO2S/c1-18-8-7-11-23(16-18)28-24(25-20-9-5-4-6-10-20)19(2)17-27-22-14-12-21(26-3)13-15-22/h4-17H,1-3H3/b19-17+,25-24?. The van der Waals surface area contributed by atoms with Crippen LogP contribution >= 0.6 is 11.8 Å². The molecule has 0 saturated carbocycles. The van der Waals surface area contributed by atoms with E-state index in [0.717, 1.165) is 32.7 Å². The maximum absolute atomic E-state index is 5.84. The van der Waals surface area contributed by atoms with Crippen LogP contribution in [-0.2, 0) is 0 Å². The molecule has 0 bridgehead atoms. The first kappa shape index (κ1) is 19.8. The Morgan fingerprint density at radius 1 is 0.893 bits per heavy atom. The maximum Gasteiger partial charge on any atom is 0.126 e. The second-order valence-electron chi connectivity index (χ2n) is 6.27. The molecule has 3 rings (SSSR count). The number of aryl methyl sites for hydroxylation is 1. The molecule has 0 radical (unpaired) electrons. The summed E-state index contributed by atoms with van der Waals surface area (Å²) >= 11 is 1.63. The van der Waals surface area contributed by atoms with Gasteiger partial charge in [-0.05, 0) is 62.4 Å². The molecule has 0 saturated heterocycles. The number of nitrogens with zero attached hydrogens (tertiary/aromatic N) is 1. The van der Waals surface area contributed by atoms with Gasteiger partial charge in [0.25, 0.3) is 0 Å². The highest BCUT2D eigenvalue weighted by Crippen LogP contribution is 2.27. The summed E-state index contributed by atoms with van der Waals surface area (Å²) < 4.78 is 11.0. The second-order valence-corrected chi connectivity index (χ2v) is 7.33. The third-order valence-corrected chi connectivity index (χ3v) is 5.06. The predicted molar refractivity (Wildman–Crippen MR) is 118 cm³/mol. The molecule has 0 atom stereocenters. The molecular formula is C24H23NO2S. The quantitative estimate of drug-likeness (QED) is 0.201. The number of hydrogen-bond donors (Lipinski definition) is 0. The fraction of sp³-hybridized carbons (Fsp3) is 0.125. The van der Waals surface area contributed by atoms with Gasteiger partial charge in [-0.2, -0.15) is 0 Å². The first-order chi connectivity index (χ1) is 13.6. The monoisotopic (exact) mass is 389 g/mol. The Morgan fingerprint density at radius 3 is 2.29 bits per heavy atom. The van der Waals surface area contributed by atoms with Crippen LogP contribution in [-0.4, -0.2) is 12.2 Å². The maximum atomic E-state index is 5.84. The summed E-state index contributed by atoms with van der Waals surface area (Å²) in [4.78, 5) is 5.98. The molecule has 0 aromatic heterocycles. The van der Waals surface area contributed by atoms with Gasteiger partial charge in [0.05, 0.1) is 19.1 Å². The van der Waals surface area contributed by atoms with Crippen molar-refractivity contribution in [1.82, 2.24) is 0 Å². The summed E-state index contributed by atoms with van der Waals surface area (Å²) in [5.41, 5.74) is 3.08. The van der Waals surface area contributed by atoms with Crippen LogP contribution in [0, 0.1) is 6.92 Å². The van der Waals surface area contributed by atoms with Gasteiger partial charge in [-0.25, -0.2) is 4.99 Å². The van der Waals surface area contributed by atoms with E-state index in [1.807, 2.05) is 61.5 Å². The molecule has 0 aliphatic heterocycles. The highest BCUT2D eigenvalue weighted by atomic mass is 32.2. The number of ether oxygens (including phenoxy) is 2. The molecule has 0 unspecified atom stereocenters. The zero-order chi connectivity index (χ0) is 19.8. The third-order valence-electron chi connectivity index (χ3n) is 3.96. The Balaban J connectivity index is 1.85. The first-order valence-corrected chi connectivity index (χ1v) is 9.82. The molecule has 3 nitrogen and oxygen atoms in total. The van der Waals surface area contributed by atoms with E-state index in [2.05, 4.69) is 31.2 Å². The van der Waals surface area contributed by atoms with Crippen molar-refractivity contribution in [3.05, 3.63) is 96.3 Å². The molecule has 0 heterocycles. The minimum atomic E-state index is 0.750. The Labute approximate surface area is 170 Å². The molecule has 0 amide bonds. The number of hydrogen-bond acceptors (Lipinski definition) is 4.